The topological polar surface area (TPSA) is 140 Å². The predicted octanol–water partition coefficient (Wildman–Crippen LogP) is 3.71. The number of carbonyl (C=O) groups excluding carboxylic acids is 4. The largest absolute Gasteiger partial charge is 0.444 e. The molecule has 0 aliphatic heterocycles. The number of alkyl carbamates (subject to hydrolysis) is 1. The van der Waals surface area contributed by atoms with Crippen molar-refractivity contribution in [2.45, 2.75) is 70.9 Å². The molecule has 0 unspecified atom stereocenters. The molecule has 5 N–H and O–H groups in total. The third-order valence-electron chi connectivity index (χ3n) is 6.67. The van der Waals surface area contributed by atoms with Gasteiger partial charge in [0.25, 0.3) is 0 Å². The molecule has 0 radical (unpaired) electrons. The van der Waals surface area contributed by atoms with Gasteiger partial charge in [0.15, 0.2) is 0 Å². The highest BCUT2D eigenvalue weighted by Gasteiger charge is 2.30. The molecule has 9 heteroatoms. The summed E-state index contributed by atoms with van der Waals surface area (Å²) in [7, 11) is 0. The summed E-state index contributed by atoms with van der Waals surface area (Å²) in [6, 6.07) is 15.7. The van der Waals surface area contributed by atoms with Crippen molar-refractivity contribution in [2.24, 2.45) is 17.6 Å². The summed E-state index contributed by atoms with van der Waals surface area (Å²) in [5, 5.41) is 8.69. The van der Waals surface area contributed by atoms with Crippen LogP contribution in [0, 0.1) is 11.8 Å². The predicted molar refractivity (Wildman–Crippen MR) is 150 cm³/mol. The molecule has 210 valence electrons. The Labute approximate surface area is 230 Å². The molecule has 1 atom stereocenters. The fourth-order valence-electron chi connectivity index (χ4n) is 4.66. The van der Waals surface area contributed by atoms with Crippen LogP contribution in [0.25, 0.3) is 0 Å². The number of benzene rings is 2. The smallest absolute Gasteiger partial charge is 0.407 e. The third-order valence-corrected chi connectivity index (χ3v) is 6.67. The number of nitrogens with two attached hydrogens (primary N) is 1. The molecule has 1 saturated carbocycles. The molecule has 1 aliphatic rings. The maximum atomic E-state index is 13.2. The number of anilines is 1. The Kier molecular flexibility index (Phi) is 10.5. The summed E-state index contributed by atoms with van der Waals surface area (Å²) in [6.45, 7) is 5.98. The van der Waals surface area contributed by atoms with E-state index in [-0.39, 0.29) is 30.1 Å². The van der Waals surface area contributed by atoms with Crippen LogP contribution in [-0.2, 0) is 32.0 Å². The molecule has 1 fully saturated rings. The van der Waals surface area contributed by atoms with Crippen molar-refractivity contribution in [3.8, 4) is 0 Å². The van der Waals surface area contributed by atoms with E-state index < -0.39 is 23.6 Å². The Bertz CT molecular complexity index is 1120. The molecular formula is C30H40N4O5. The number of hydrogen-bond donors (Lipinski definition) is 4. The molecule has 0 bridgehead atoms. The lowest BCUT2D eigenvalue weighted by atomic mass is 9.81. The van der Waals surface area contributed by atoms with Crippen molar-refractivity contribution >= 4 is 29.5 Å². The van der Waals surface area contributed by atoms with Crippen LogP contribution in [0.2, 0.25) is 0 Å². The first-order chi connectivity index (χ1) is 18.5. The van der Waals surface area contributed by atoms with Gasteiger partial charge >= 0.3 is 6.09 Å². The van der Waals surface area contributed by atoms with Crippen LogP contribution in [0.3, 0.4) is 0 Å². The molecule has 3 rings (SSSR count). The Hall–Kier alpha value is -3.88. The van der Waals surface area contributed by atoms with Crippen molar-refractivity contribution in [1.29, 1.82) is 0 Å². The zero-order chi connectivity index (χ0) is 28.4. The molecule has 0 spiro atoms. The maximum absolute atomic E-state index is 13.2. The van der Waals surface area contributed by atoms with Gasteiger partial charge in [0.2, 0.25) is 17.7 Å². The minimum atomic E-state index is -0.753. The first-order valence-electron chi connectivity index (χ1n) is 13.5. The van der Waals surface area contributed by atoms with Gasteiger partial charge in [0.05, 0.1) is 6.42 Å². The van der Waals surface area contributed by atoms with Gasteiger partial charge in [-0.25, -0.2) is 4.79 Å². The number of amides is 4. The number of rotatable bonds is 10. The van der Waals surface area contributed by atoms with E-state index in [1.165, 1.54) is 0 Å². The average Bonchev–Trinajstić information content (AvgIpc) is 2.88. The van der Waals surface area contributed by atoms with E-state index in [9.17, 15) is 19.2 Å². The van der Waals surface area contributed by atoms with Crippen LogP contribution in [-0.4, -0.2) is 42.0 Å². The highest BCUT2D eigenvalue weighted by atomic mass is 16.6. The van der Waals surface area contributed by atoms with Crippen LogP contribution in [0.5, 0.6) is 0 Å². The molecule has 0 saturated heterocycles. The van der Waals surface area contributed by atoms with Gasteiger partial charge < -0.3 is 26.4 Å². The first kappa shape index (κ1) is 29.7. The van der Waals surface area contributed by atoms with Crippen LogP contribution < -0.4 is 21.7 Å². The lowest BCUT2D eigenvalue weighted by molar-refractivity contribution is -0.130. The minimum absolute atomic E-state index is 0.125. The Morgan fingerprint density at radius 1 is 0.923 bits per heavy atom. The van der Waals surface area contributed by atoms with Gasteiger partial charge in [-0.05, 0) is 75.6 Å². The van der Waals surface area contributed by atoms with E-state index in [0.29, 0.717) is 31.5 Å². The summed E-state index contributed by atoms with van der Waals surface area (Å²) in [5.41, 5.74) is 6.96. The standard InChI is InChI=1S/C30H40N4O5/c1-30(2,3)39-29(38)32-19-22-9-13-23(14-10-22)27(36)34-25(17-20-7-5-4-6-8-20)28(37)33-24-15-11-21(12-16-24)18-26(31)35/h4-8,11-12,15-16,22-23,25H,9-10,13-14,17-19H2,1-3H3,(H2,31,35)(H,32,38)(H,33,37)(H,34,36)/t22?,23?,25-/m0/s1. The quantitative estimate of drug-likeness (QED) is 0.367. The molecule has 0 heterocycles. The fourth-order valence-corrected chi connectivity index (χ4v) is 4.66. The van der Waals surface area contributed by atoms with Crippen LogP contribution in [0.4, 0.5) is 10.5 Å². The van der Waals surface area contributed by atoms with E-state index in [4.69, 9.17) is 10.5 Å². The van der Waals surface area contributed by atoms with Crippen LogP contribution >= 0.6 is 0 Å². The number of primary amides is 1. The summed E-state index contributed by atoms with van der Waals surface area (Å²) >= 11 is 0. The second-order valence-corrected chi connectivity index (χ2v) is 11.2. The first-order valence-corrected chi connectivity index (χ1v) is 13.5. The number of ether oxygens (including phenoxy) is 1. The summed E-state index contributed by atoms with van der Waals surface area (Å²) in [4.78, 5) is 49.5. The monoisotopic (exact) mass is 536 g/mol. The van der Waals surface area contributed by atoms with E-state index in [1.807, 2.05) is 51.1 Å². The Morgan fingerprint density at radius 2 is 1.56 bits per heavy atom. The molecule has 9 nitrogen and oxygen atoms in total. The molecule has 2 aromatic rings. The van der Waals surface area contributed by atoms with E-state index >= 15 is 0 Å². The fraction of sp³-hybridized carbons (Fsp3) is 0.467. The van der Waals surface area contributed by atoms with Crippen molar-refractivity contribution in [3.63, 3.8) is 0 Å². The second-order valence-electron chi connectivity index (χ2n) is 11.2. The maximum Gasteiger partial charge on any atom is 0.407 e. The summed E-state index contributed by atoms with van der Waals surface area (Å²) in [5.74, 6) is -0.790. The van der Waals surface area contributed by atoms with Gasteiger partial charge in [-0.1, -0.05) is 42.5 Å². The van der Waals surface area contributed by atoms with E-state index in [2.05, 4.69) is 16.0 Å². The highest BCUT2D eigenvalue weighted by molar-refractivity contribution is 5.97. The van der Waals surface area contributed by atoms with Crippen molar-refractivity contribution in [1.82, 2.24) is 10.6 Å². The third kappa shape index (κ3) is 10.4. The van der Waals surface area contributed by atoms with Crippen LogP contribution in [0.15, 0.2) is 54.6 Å². The lowest BCUT2D eigenvalue weighted by Gasteiger charge is -2.29. The van der Waals surface area contributed by atoms with E-state index in [0.717, 1.165) is 24.0 Å². The molecule has 4 amide bonds. The van der Waals surface area contributed by atoms with Crippen molar-refractivity contribution in [3.05, 3.63) is 65.7 Å². The van der Waals surface area contributed by atoms with Gasteiger partial charge in [-0.3, -0.25) is 14.4 Å². The van der Waals surface area contributed by atoms with E-state index in [1.54, 1.807) is 24.3 Å². The number of hydrogen-bond acceptors (Lipinski definition) is 5. The summed E-state index contributed by atoms with van der Waals surface area (Å²) < 4.78 is 5.30. The Balaban J connectivity index is 1.56. The van der Waals surface area contributed by atoms with Crippen molar-refractivity contribution < 1.29 is 23.9 Å². The van der Waals surface area contributed by atoms with Crippen LogP contribution in [0.1, 0.15) is 57.6 Å². The summed E-state index contributed by atoms with van der Waals surface area (Å²) in [6.07, 6.45) is 3.04. The molecule has 2 aromatic carbocycles. The second kappa shape index (κ2) is 13.8. The zero-order valence-corrected chi connectivity index (χ0v) is 23.0. The van der Waals surface area contributed by atoms with Gasteiger partial charge in [-0.15, -0.1) is 0 Å². The molecular weight excluding hydrogens is 496 g/mol. The number of nitrogens with one attached hydrogen (secondary N) is 3. The minimum Gasteiger partial charge on any atom is -0.444 e. The van der Waals surface area contributed by atoms with Gasteiger partial charge in [0, 0.05) is 24.6 Å². The highest BCUT2D eigenvalue weighted by Crippen LogP contribution is 2.29. The van der Waals surface area contributed by atoms with Gasteiger partial charge in [0.1, 0.15) is 11.6 Å². The normalized spacial score (nSPS) is 17.9. The average molecular weight is 537 g/mol. The molecule has 0 aromatic heterocycles. The Morgan fingerprint density at radius 3 is 2.15 bits per heavy atom. The van der Waals surface area contributed by atoms with Gasteiger partial charge in [-0.2, -0.15) is 0 Å². The zero-order valence-electron chi connectivity index (χ0n) is 23.0. The number of carbonyl (C=O) groups is 4. The molecule has 39 heavy (non-hydrogen) atoms. The lowest BCUT2D eigenvalue weighted by Crippen LogP contribution is -2.48. The van der Waals surface area contributed by atoms with Crippen molar-refractivity contribution in [2.75, 3.05) is 11.9 Å². The SMILES string of the molecule is CC(C)(C)OC(=O)NCC1CCC(C(=O)N[C@@H](Cc2ccccc2)C(=O)Nc2ccc(CC(N)=O)cc2)CC1. The molecule has 1 aliphatic carbocycles.